The molecule has 1 aliphatic rings. The van der Waals surface area contributed by atoms with E-state index < -0.39 is 0 Å². The number of hydrogen-bond acceptors (Lipinski definition) is 6. The third kappa shape index (κ3) is 4.47. The van der Waals surface area contributed by atoms with E-state index in [4.69, 9.17) is 4.98 Å². The van der Waals surface area contributed by atoms with Gasteiger partial charge in [-0.2, -0.15) is 5.10 Å². The highest BCUT2D eigenvalue weighted by Gasteiger charge is 2.18. The van der Waals surface area contributed by atoms with Crippen LogP contribution in [0.5, 0.6) is 0 Å². The van der Waals surface area contributed by atoms with Crippen LogP contribution in [0.2, 0.25) is 0 Å². The summed E-state index contributed by atoms with van der Waals surface area (Å²) in [4.78, 5) is 25.0. The quantitative estimate of drug-likeness (QED) is 0.714. The number of carbonyl (C=O) groups excluding carboxylic acids is 1. The fraction of sp³-hybridized carbons (Fsp3) is 0.368. The van der Waals surface area contributed by atoms with Crippen LogP contribution in [0.4, 0.5) is 5.69 Å². The first-order chi connectivity index (χ1) is 13.2. The predicted octanol–water partition coefficient (Wildman–Crippen LogP) is 1.63. The van der Waals surface area contributed by atoms with Crippen molar-refractivity contribution in [2.24, 2.45) is 0 Å². The summed E-state index contributed by atoms with van der Waals surface area (Å²) in [6.45, 7) is 7.21. The number of pyridine rings is 1. The molecule has 1 amide bonds. The Kier molecular flexibility index (Phi) is 5.08. The molecule has 0 bridgehead atoms. The van der Waals surface area contributed by atoms with Crippen LogP contribution in [-0.4, -0.2) is 62.1 Å². The van der Waals surface area contributed by atoms with Crippen LogP contribution < -0.4 is 5.32 Å². The van der Waals surface area contributed by atoms with Crippen molar-refractivity contribution in [3.8, 4) is 0 Å². The SMILES string of the molecule is CC(=O)Nc1ccc2nc(CN3CCN(Cc4ncn[nH]4)CC3)ccc2c1. The van der Waals surface area contributed by atoms with Gasteiger partial charge < -0.3 is 5.32 Å². The molecule has 2 aromatic heterocycles. The van der Waals surface area contributed by atoms with Crippen molar-refractivity contribution >= 4 is 22.5 Å². The zero-order valence-electron chi connectivity index (χ0n) is 15.4. The van der Waals surface area contributed by atoms with E-state index in [0.29, 0.717) is 0 Å². The van der Waals surface area contributed by atoms with Gasteiger partial charge in [-0.25, -0.2) is 4.98 Å². The molecule has 0 atom stereocenters. The highest BCUT2D eigenvalue weighted by Crippen LogP contribution is 2.19. The van der Waals surface area contributed by atoms with E-state index in [1.165, 1.54) is 6.92 Å². The molecule has 0 spiro atoms. The molecule has 27 heavy (non-hydrogen) atoms. The molecular formula is C19H23N7O. The Bertz CT molecular complexity index is 917. The molecule has 1 aliphatic heterocycles. The summed E-state index contributed by atoms with van der Waals surface area (Å²) in [6.07, 6.45) is 1.55. The maximum absolute atomic E-state index is 11.2. The van der Waals surface area contributed by atoms with E-state index in [-0.39, 0.29) is 5.91 Å². The average Bonchev–Trinajstić information content (AvgIpc) is 3.16. The average molecular weight is 365 g/mol. The number of H-pyrrole nitrogens is 1. The Morgan fingerprint density at radius 3 is 2.59 bits per heavy atom. The lowest BCUT2D eigenvalue weighted by Gasteiger charge is -2.33. The summed E-state index contributed by atoms with van der Waals surface area (Å²) in [7, 11) is 0. The second-order valence-corrected chi connectivity index (χ2v) is 6.88. The first-order valence-corrected chi connectivity index (χ1v) is 9.12. The second kappa shape index (κ2) is 7.81. The van der Waals surface area contributed by atoms with Gasteiger partial charge in [-0.3, -0.25) is 24.7 Å². The van der Waals surface area contributed by atoms with Crippen LogP contribution in [-0.2, 0) is 17.9 Å². The van der Waals surface area contributed by atoms with Crippen LogP contribution in [0, 0.1) is 0 Å². The minimum absolute atomic E-state index is 0.0682. The molecule has 1 saturated heterocycles. The molecule has 0 radical (unpaired) electrons. The van der Waals surface area contributed by atoms with Crippen LogP contribution in [0.3, 0.4) is 0 Å². The van der Waals surface area contributed by atoms with Crippen molar-refractivity contribution in [3.05, 3.63) is 48.2 Å². The zero-order valence-corrected chi connectivity index (χ0v) is 15.4. The standard InChI is InChI=1S/C19H23N7O/c1-14(27)22-16-4-5-18-15(10-16)2-3-17(23-18)11-25-6-8-26(9-7-25)12-19-20-13-21-24-19/h2-5,10,13H,6-9,11-12H2,1H3,(H,22,27)(H,20,21,24). The third-order valence-corrected chi connectivity index (χ3v) is 4.76. The van der Waals surface area contributed by atoms with Gasteiger partial charge in [-0.1, -0.05) is 6.07 Å². The summed E-state index contributed by atoms with van der Waals surface area (Å²) in [5, 5.41) is 10.7. The van der Waals surface area contributed by atoms with Crippen molar-refractivity contribution in [1.29, 1.82) is 0 Å². The zero-order chi connectivity index (χ0) is 18.6. The number of nitrogens with zero attached hydrogens (tertiary/aromatic N) is 5. The molecular weight excluding hydrogens is 342 g/mol. The molecule has 4 rings (SSSR count). The van der Waals surface area contributed by atoms with Crippen molar-refractivity contribution in [2.45, 2.75) is 20.0 Å². The second-order valence-electron chi connectivity index (χ2n) is 6.88. The molecule has 1 fully saturated rings. The molecule has 8 heteroatoms. The van der Waals surface area contributed by atoms with Gasteiger partial charge in [0.1, 0.15) is 12.2 Å². The summed E-state index contributed by atoms with van der Waals surface area (Å²) < 4.78 is 0. The van der Waals surface area contributed by atoms with E-state index in [0.717, 1.165) is 67.4 Å². The number of aromatic nitrogens is 4. The van der Waals surface area contributed by atoms with Crippen molar-refractivity contribution < 1.29 is 4.79 Å². The van der Waals surface area contributed by atoms with Crippen LogP contribution in [0.15, 0.2) is 36.7 Å². The van der Waals surface area contributed by atoms with E-state index in [1.807, 2.05) is 18.2 Å². The third-order valence-electron chi connectivity index (χ3n) is 4.76. The lowest BCUT2D eigenvalue weighted by Crippen LogP contribution is -2.45. The number of rotatable bonds is 5. The van der Waals surface area contributed by atoms with Gasteiger partial charge in [-0.15, -0.1) is 0 Å². The predicted molar refractivity (Wildman–Crippen MR) is 103 cm³/mol. The minimum atomic E-state index is -0.0682. The van der Waals surface area contributed by atoms with Gasteiger partial charge in [0.2, 0.25) is 5.91 Å². The topological polar surface area (TPSA) is 90.0 Å². The number of hydrogen-bond donors (Lipinski definition) is 2. The Hall–Kier alpha value is -2.84. The van der Waals surface area contributed by atoms with Gasteiger partial charge in [-0.05, 0) is 24.3 Å². The number of nitrogens with one attached hydrogen (secondary N) is 2. The van der Waals surface area contributed by atoms with E-state index in [2.05, 4.69) is 42.4 Å². The molecule has 0 saturated carbocycles. The fourth-order valence-electron chi connectivity index (χ4n) is 3.39. The number of anilines is 1. The maximum atomic E-state index is 11.2. The molecule has 0 unspecified atom stereocenters. The lowest BCUT2D eigenvalue weighted by molar-refractivity contribution is -0.114. The number of benzene rings is 1. The van der Waals surface area contributed by atoms with Crippen molar-refractivity contribution in [2.75, 3.05) is 31.5 Å². The summed E-state index contributed by atoms with van der Waals surface area (Å²) in [6, 6.07) is 9.95. The molecule has 140 valence electrons. The number of fused-ring (bicyclic) bond motifs is 1. The van der Waals surface area contributed by atoms with Crippen LogP contribution >= 0.6 is 0 Å². The minimum Gasteiger partial charge on any atom is -0.326 e. The van der Waals surface area contributed by atoms with Crippen molar-refractivity contribution in [3.63, 3.8) is 0 Å². The number of aromatic amines is 1. The van der Waals surface area contributed by atoms with Crippen LogP contribution in [0.25, 0.3) is 10.9 Å². The lowest BCUT2D eigenvalue weighted by atomic mass is 10.1. The van der Waals surface area contributed by atoms with E-state index >= 15 is 0 Å². The Morgan fingerprint density at radius 1 is 1.11 bits per heavy atom. The van der Waals surface area contributed by atoms with Crippen molar-refractivity contribution in [1.82, 2.24) is 30.0 Å². The Morgan fingerprint density at radius 2 is 1.89 bits per heavy atom. The molecule has 8 nitrogen and oxygen atoms in total. The maximum Gasteiger partial charge on any atom is 0.221 e. The fourth-order valence-corrected chi connectivity index (χ4v) is 3.39. The highest BCUT2D eigenvalue weighted by atomic mass is 16.1. The van der Waals surface area contributed by atoms with Gasteiger partial charge in [0.25, 0.3) is 0 Å². The highest BCUT2D eigenvalue weighted by molar-refractivity contribution is 5.92. The van der Waals surface area contributed by atoms with E-state index in [9.17, 15) is 4.79 Å². The largest absolute Gasteiger partial charge is 0.326 e. The first-order valence-electron chi connectivity index (χ1n) is 9.12. The van der Waals surface area contributed by atoms with Gasteiger partial charge >= 0.3 is 0 Å². The summed E-state index contributed by atoms with van der Waals surface area (Å²) in [5.74, 6) is 0.847. The monoisotopic (exact) mass is 365 g/mol. The van der Waals surface area contributed by atoms with E-state index in [1.54, 1.807) is 6.33 Å². The Labute approximate surface area is 157 Å². The molecule has 3 aromatic rings. The molecule has 3 heterocycles. The molecule has 2 N–H and O–H groups in total. The van der Waals surface area contributed by atoms with Gasteiger partial charge in [0.15, 0.2) is 0 Å². The number of carbonyl (C=O) groups is 1. The van der Waals surface area contributed by atoms with Gasteiger partial charge in [0, 0.05) is 50.7 Å². The smallest absolute Gasteiger partial charge is 0.221 e. The summed E-state index contributed by atoms with van der Waals surface area (Å²) in [5.41, 5.74) is 2.82. The Balaban J connectivity index is 1.35. The molecule has 0 aliphatic carbocycles. The summed E-state index contributed by atoms with van der Waals surface area (Å²) >= 11 is 0. The van der Waals surface area contributed by atoms with Gasteiger partial charge in [0.05, 0.1) is 17.8 Å². The first kappa shape index (κ1) is 17.6. The number of amides is 1. The molecule has 1 aromatic carbocycles. The normalized spacial score (nSPS) is 15.9. The number of piperazine rings is 1. The van der Waals surface area contributed by atoms with Crippen LogP contribution in [0.1, 0.15) is 18.4 Å².